The van der Waals surface area contributed by atoms with Crippen LogP contribution in [0.5, 0.6) is 5.75 Å². The maximum Gasteiger partial charge on any atom is 0.325 e. The Kier molecular flexibility index (Phi) is 6.84. The minimum Gasteiger partial charge on any atom is -0.494 e. The Bertz CT molecular complexity index is 790. The first kappa shape index (κ1) is 20.1. The van der Waals surface area contributed by atoms with Gasteiger partial charge in [-0.2, -0.15) is 0 Å². The molecule has 0 aromatic heterocycles. The first-order valence-corrected chi connectivity index (χ1v) is 9.80. The molecule has 1 aliphatic heterocycles. The molecular weight excluding hydrogens is 374 g/mol. The lowest BCUT2D eigenvalue weighted by molar-refractivity contribution is -0.144. The van der Waals surface area contributed by atoms with E-state index in [0.717, 1.165) is 17.0 Å². The second-order valence-electron chi connectivity index (χ2n) is 6.56. The van der Waals surface area contributed by atoms with E-state index < -0.39 is 12.0 Å². The zero-order valence-electron chi connectivity index (χ0n) is 15.9. The molecule has 6 nitrogen and oxygen atoms in total. The number of piperazine rings is 1. The molecule has 2 N–H and O–H groups in total. The van der Waals surface area contributed by atoms with Gasteiger partial charge in [0.2, 0.25) is 0 Å². The maximum atomic E-state index is 11.8. The smallest absolute Gasteiger partial charge is 0.325 e. The molecule has 0 radical (unpaired) electrons. The summed E-state index contributed by atoms with van der Waals surface area (Å²) >= 11 is 5.54. The van der Waals surface area contributed by atoms with Crippen molar-refractivity contribution in [2.24, 2.45) is 0 Å². The van der Waals surface area contributed by atoms with Crippen molar-refractivity contribution in [3.63, 3.8) is 0 Å². The highest BCUT2D eigenvalue weighted by atomic mass is 32.1. The average molecular weight is 400 g/mol. The van der Waals surface area contributed by atoms with E-state index in [2.05, 4.69) is 10.2 Å². The highest BCUT2D eigenvalue weighted by Gasteiger charge is 2.30. The summed E-state index contributed by atoms with van der Waals surface area (Å²) in [5.41, 5.74) is 1.71. The highest BCUT2D eigenvalue weighted by molar-refractivity contribution is 7.80. The number of carbonyl (C=O) groups is 1. The molecule has 7 heteroatoms. The van der Waals surface area contributed by atoms with E-state index in [1.165, 1.54) is 0 Å². The van der Waals surface area contributed by atoms with Gasteiger partial charge in [-0.15, -0.1) is 0 Å². The van der Waals surface area contributed by atoms with Gasteiger partial charge < -0.3 is 20.1 Å². The lowest BCUT2D eigenvalue weighted by Gasteiger charge is -2.38. The number of carboxylic acid groups (broad SMARTS) is 1. The standard InChI is InChI=1S/C21H25N3O3S/c1-2-27-18-10-8-17(9-11-18)22-21(28)24-14-12-23(13-15-24)19(20(25)26)16-6-4-3-5-7-16/h3-11,19H,2,12-15H2,1H3,(H,22,28)(H,25,26). The average Bonchev–Trinajstić information content (AvgIpc) is 2.71. The van der Waals surface area contributed by atoms with Crippen LogP contribution < -0.4 is 10.1 Å². The largest absolute Gasteiger partial charge is 0.494 e. The van der Waals surface area contributed by atoms with Crippen LogP contribution in [0.2, 0.25) is 0 Å². The summed E-state index contributed by atoms with van der Waals surface area (Å²) in [6.07, 6.45) is 0. The van der Waals surface area contributed by atoms with Gasteiger partial charge in [-0.3, -0.25) is 9.69 Å². The molecule has 1 heterocycles. The first-order valence-electron chi connectivity index (χ1n) is 9.39. The Balaban J connectivity index is 1.56. The van der Waals surface area contributed by atoms with Gasteiger partial charge >= 0.3 is 5.97 Å². The molecule has 1 saturated heterocycles. The Labute approximate surface area is 170 Å². The van der Waals surface area contributed by atoms with Crippen LogP contribution in [-0.4, -0.2) is 58.8 Å². The van der Waals surface area contributed by atoms with E-state index in [9.17, 15) is 9.90 Å². The first-order chi connectivity index (χ1) is 13.6. The van der Waals surface area contributed by atoms with Crippen LogP contribution >= 0.6 is 12.2 Å². The Hall–Kier alpha value is -2.64. The quantitative estimate of drug-likeness (QED) is 0.723. The van der Waals surface area contributed by atoms with Crippen LogP contribution in [0.25, 0.3) is 0 Å². The number of hydrogen-bond donors (Lipinski definition) is 2. The highest BCUT2D eigenvalue weighted by Crippen LogP contribution is 2.23. The molecule has 2 aromatic carbocycles. The predicted molar refractivity (Wildman–Crippen MR) is 114 cm³/mol. The molecule has 0 saturated carbocycles. The van der Waals surface area contributed by atoms with Crippen LogP contribution in [0.15, 0.2) is 54.6 Å². The number of aliphatic carboxylic acids is 1. The van der Waals surface area contributed by atoms with E-state index in [1.54, 1.807) is 0 Å². The number of benzene rings is 2. The Morgan fingerprint density at radius 2 is 1.75 bits per heavy atom. The number of anilines is 1. The summed E-state index contributed by atoms with van der Waals surface area (Å²) < 4.78 is 5.45. The summed E-state index contributed by atoms with van der Waals surface area (Å²) in [5, 5.41) is 13.6. The summed E-state index contributed by atoms with van der Waals surface area (Å²) in [6.45, 7) is 5.22. The molecule has 3 rings (SSSR count). The third-order valence-electron chi connectivity index (χ3n) is 4.73. The van der Waals surface area contributed by atoms with E-state index >= 15 is 0 Å². The van der Waals surface area contributed by atoms with Gasteiger partial charge in [-0.05, 0) is 49.0 Å². The van der Waals surface area contributed by atoms with Crippen molar-refractivity contribution in [1.82, 2.24) is 9.80 Å². The molecule has 0 amide bonds. The second-order valence-corrected chi connectivity index (χ2v) is 6.95. The normalized spacial score (nSPS) is 15.7. The minimum atomic E-state index is -0.824. The van der Waals surface area contributed by atoms with Crippen LogP contribution in [0.3, 0.4) is 0 Å². The Morgan fingerprint density at radius 1 is 1.11 bits per heavy atom. The van der Waals surface area contributed by atoms with Crippen LogP contribution in [0, 0.1) is 0 Å². The number of hydrogen-bond acceptors (Lipinski definition) is 4. The predicted octanol–water partition coefficient (Wildman–Crippen LogP) is 3.23. The fraction of sp³-hybridized carbons (Fsp3) is 0.333. The lowest BCUT2D eigenvalue weighted by atomic mass is 10.0. The van der Waals surface area contributed by atoms with E-state index in [1.807, 2.05) is 66.4 Å². The minimum absolute atomic E-state index is 0.629. The number of nitrogens with zero attached hydrogens (tertiary/aromatic N) is 2. The van der Waals surface area contributed by atoms with Crippen LogP contribution in [-0.2, 0) is 4.79 Å². The number of rotatable bonds is 6. The third kappa shape index (κ3) is 4.99. The molecule has 1 atom stereocenters. The third-order valence-corrected chi connectivity index (χ3v) is 5.09. The van der Waals surface area contributed by atoms with Gasteiger partial charge in [-0.1, -0.05) is 30.3 Å². The lowest BCUT2D eigenvalue weighted by Crippen LogP contribution is -2.51. The number of carboxylic acids is 1. The van der Waals surface area contributed by atoms with Crippen LogP contribution in [0.4, 0.5) is 5.69 Å². The zero-order chi connectivity index (χ0) is 19.9. The van der Waals surface area contributed by atoms with Crippen molar-refractivity contribution in [1.29, 1.82) is 0 Å². The van der Waals surface area contributed by atoms with E-state index in [4.69, 9.17) is 17.0 Å². The van der Waals surface area contributed by atoms with Crippen molar-refractivity contribution in [3.8, 4) is 5.75 Å². The molecule has 0 spiro atoms. The molecule has 148 valence electrons. The molecule has 1 unspecified atom stereocenters. The van der Waals surface area contributed by atoms with Crippen molar-refractivity contribution in [3.05, 3.63) is 60.2 Å². The number of thiocarbonyl (C=S) groups is 1. The van der Waals surface area contributed by atoms with E-state index in [0.29, 0.717) is 37.9 Å². The van der Waals surface area contributed by atoms with Gasteiger partial charge in [0.1, 0.15) is 11.8 Å². The van der Waals surface area contributed by atoms with Gasteiger partial charge in [0, 0.05) is 31.9 Å². The molecular formula is C21H25N3O3S. The van der Waals surface area contributed by atoms with Gasteiger partial charge in [0.15, 0.2) is 5.11 Å². The monoisotopic (exact) mass is 399 g/mol. The summed E-state index contributed by atoms with van der Waals surface area (Å²) in [5.74, 6) is 0.00273. The van der Waals surface area contributed by atoms with Crippen molar-refractivity contribution in [2.75, 3.05) is 38.1 Å². The maximum absolute atomic E-state index is 11.8. The Morgan fingerprint density at radius 3 is 2.32 bits per heavy atom. The fourth-order valence-corrected chi connectivity index (χ4v) is 3.63. The van der Waals surface area contributed by atoms with E-state index in [-0.39, 0.29) is 0 Å². The molecule has 28 heavy (non-hydrogen) atoms. The zero-order valence-corrected chi connectivity index (χ0v) is 16.7. The molecule has 1 aliphatic rings. The second kappa shape index (κ2) is 9.52. The van der Waals surface area contributed by atoms with Gasteiger partial charge in [-0.25, -0.2) is 0 Å². The van der Waals surface area contributed by atoms with Gasteiger partial charge in [0.25, 0.3) is 0 Å². The number of nitrogens with one attached hydrogen (secondary N) is 1. The summed E-state index contributed by atoms with van der Waals surface area (Å²) in [6, 6.07) is 16.4. The SMILES string of the molecule is CCOc1ccc(NC(=S)N2CCN(C(C(=O)O)c3ccccc3)CC2)cc1. The number of ether oxygens (including phenoxy) is 1. The summed E-state index contributed by atoms with van der Waals surface area (Å²) in [7, 11) is 0. The van der Waals surface area contributed by atoms with Crippen molar-refractivity contribution >= 4 is 29.0 Å². The fourth-order valence-electron chi connectivity index (χ4n) is 3.33. The molecule has 2 aromatic rings. The van der Waals surface area contributed by atoms with Crippen molar-refractivity contribution < 1.29 is 14.6 Å². The molecule has 0 aliphatic carbocycles. The van der Waals surface area contributed by atoms with Gasteiger partial charge in [0.05, 0.1) is 6.61 Å². The topological polar surface area (TPSA) is 65.0 Å². The van der Waals surface area contributed by atoms with Crippen molar-refractivity contribution in [2.45, 2.75) is 13.0 Å². The molecule has 0 bridgehead atoms. The summed E-state index contributed by atoms with van der Waals surface area (Å²) in [4.78, 5) is 15.9. The van der Waals surface area contributed by atoms with Crippen LogP contribution in [0.1, 0.15) is 18.5 Å². The molecule has 1 fully saturated rings.